The van der Waals surface area contributed by atoms with E-state index in [1.165, 1.54) is 5.56 Å². The number of aliphatic hydroxyl groups is 1. The van der Waals surface area contributed by atoms with E-state index < -0.39 is 0 Å². The molecule has 0 bridgehead atoms. The lowest BCUT2D eigenvalue weighted by atomic mass is 9.95. The number of hydrogen-bond acceptors (Lipinski definition) is 3. The molecule has 0 aromatic carbocycles. The van der Waals surface area contributed by atoms with Crippen LogP contribution >= 0.6 is 0 Å². The van der Waals surface area contributed by atoms with Gasteiger partial charge in [-0.2, -0.15) is 5.10 Å². The van der Waals surface area contributed by atoms with Crippen molar-refractivity contribution in [2.75, 3.05) is 13.2 Å². The second-order valence-corrected chi connectivity index (χ2v) is 5.05. The summed E-state index contributed by atoms with van der Waals surface area (Å²) in [6.45, 7) is 8.03. The van der Waals surface area contributed by atoms with Crippen molar-refractivity contribution in [3.8, 4) is 0 Å². The van der Waals surface area contributed by atoms with Crippen LogP contribution in [0.5, 0.6) is 0 Å². The molecular weight excluding hydrogens is 202 g/mol. The molecule has 0 atom stereocenters. The predicted molar refractivity (Wildman–Crippen MR) is 65.2 cm³/mol. The maximum atomic E-state index is 9.14. The van der Waals surface area contributed by atoms with E-state index in [0.29, 0.717) is 0 Å². The molecule has 0 amide bonds. The quantitative estimate of drug-likeness (QED) is 0.762. The third-order valence-corrected chi connectivity index (χ3v) is 2.67. The van der Waals surface area contributed by atoms with Crippen molar-refractivity contribution in [3.05, 3.63) is 17.5 Å². The lowest BCUT2D eigenvalue weighted by molar-refractivity contribution is 0.156. The maximum Gasteiger partial charge on any atom is 0.0666 e. The topological polar surface area (TPSA) is 50.1 Å². The standard InChI is InChI=1S/C12H23N3O/c1-5-11-10(7-15(4)14-11)6-13-8-12(2,3)9-16/h7,13,16H,5-6,8-9H2,1-4H3. The van der Waals surface area contributed by atoms with Crippen molar-refractivity contribution in [1.29, 1.82) is 0 Å². The van der Waals surface area contributed by atoms with Crippen LogP contribution in [0.4, 0.5) is 0 Å². The molecule has 2 N–H and O–H groups in total. The molecule has 0 saturated heterocycles. The molecular formula is C12H23N3O. The lowest BCUT2D eigenvalue weighted by Gasteiger charge is -2.21. The van der Waals surface area contributed by atoms with Crippen molar-refractivity contribution in [1.82, 2.24) is 15.1 Å². The molecule has 0 spiro atoms. The molecule has 1 aromatic rings. The molecule has 0 radical (unpaired) electrons. The molecule has 16 heavy (non-hydrogen) atoms. The van der Waals surface area contributed by atoms with Gasteiger partial charge in [0, 0.05) is 43.9 Å². The van der Waals surface area contributed by atoms with E-state index in [-0.39, 0.29) is 12.0 Å². The van der Waals surface area contributed by atoms with Crippen LogP contribution in [0.25, 0.3) is 0 Å². The van der Waals surface area contributed by atoms with Crippen LogP contribution in [0.15, 0.2) is 6.20 Å². The highest BCUT2D eigenvalue weighted by molar-refractivity contribution is 5.16. The largest absolute Gasteiger partial charge is 0.396 e. The van der Waals surface area contributed by atoms with Gasteiger partial charge in [0.15, 0.2) is 0 Å². The first-order chi connectivity index (χ1) is 7.48. The highest BCUT2D eigenvalue weighted by Gasteiger charge is 2.16. The smallest absolute Gasteiger partial charge is 0.0666 e. The molecule has 0 aliphatic carbocycles. The highest BCUT2D eigenvalue weighted by Crippen LogP contribution is 2.12. The lowest BCUT2D eigenvalue weighted by Crippen LogP contribution is -2.32. The second kappa shape index (κ2) is 5.46. The average Bonchev–Trinajstić information content (AvgIpc) is 2.59. The summed E-state index contributed by atoms with van der Waals surface area (Å²) >= 11 is 0. The Labute approximate surface area is 97.7 Å². The minimum absolute atomic E-state index is 0.0609. The fourth-order valence-electron chi connectivity index (χ4n) is 1.62. The van der Waals surface area contributed by atoms with Crippen LogP contribution in [-0.2, 0) is 20.0 Å². The first-order valence-electron chi connectivity index (χ1n) is 5.81. The van der Waals surface area contributed by atoms with E-state index in [1.54, 1.807) is 0 Å². The van der Waals surface area contributed by atoms with Gasteiger partial charge in [0.25, 0.3) is 0 Å². The van der Waals surface area contributed by atoms with Crippen LogP contribution in [0.3, 0.4) is 0 Å². The van der Waals surface area contributed by atoms with Gasteiger partial charge in [0.2, 0.25) is 0 Å². The summed E-state index contributed by atoms with van der Waals surface area (Å²) < 4.78 is 1.85. The van der Waals surface area contributed by atoms with Crippen LogP contribution < -0.4 is 5.32 Å². The van der Waals surface area contributed by atoms with E-state index in [1.807, 2.05) is 25.6 Å². The Bertz CT molecular complexity index is 331. The molecule has 0 saturated carbocycles. The van der Waals surface area contributed by atoms with E-state index in [0.717, 1.165) is 25.2 Å². The molecule has 92 valence electrons. The Morgan fingerprint density at radius 2 is 2.19 bits per heavy atom. The molecule has 0 aliphatic rings. The van der Waals surface area contributed by atoms with Crippen molar-refractivity contribution in [2.45, 2.75) is 33.7 Å². The minimum atomic E-state index is -0.0609. The number of hydrogen-bond donors (Lipinski definition) is 2. The first kappa shape index (κ1) is 13.2. The summed E-state index contributed by atoms with van der Waals surface area (Å²) in [5.41, 5.74) is 2.34. The summed E-state index contributed by atoms with van der Waals surface area (Å²) in [5, 5.41) is 16.9. The molecule has 0 aliphatic heterocycles. The van der Waals surface area contributed by atoms with E-state index in [2.05, 4.69) is 23.5 Å². The number of aliphatic hydroxyl groups excluding tert-OH is 1. The third kappa shape index (κ3) is 3.61. The summed E-state index contributed by atoms with van der Waals surface area (Å²) in [4.78, 5) is 0. The van der Waals surface area contributed by atoms with E-state index in [4.69, 9.17) is 5.11 Å². The highest BCUT2D eigenvalue weighted by atomic mass is 16.3. The van der Waals surface area contributed by atoms with Crippen molar-refractivity contribution < 1.29 is 5.11 Å². The van der Waals surface area contributed by atoms with Gasteiger partial charge in [0.1, 0.15) is 0 Å². The summed E-state index contributed by atoms with van der Waals surface area (Å²) in [7, 11) is 1.94. The van der Waals surface area contributed by atoms with E-state index >= 15 is 0 Å². The van der Waals surface area contributed by atoms with Gasteiger partial charge in [-0.05, 0) is 6.42 Å². The van der Waals surface area contributed by atoms with Crippen molar-refractivity contribution >= 4 is 0 Å². The molecule has 0 fully saturated rings. The second-order valence-electron chi connectivity index (χ2n) is 5.05. The summed E-state index contributed by atoms with van der Waals surface area (Å²) in [6, 6.07) is 0. The molecule has 1 rings (SSSR count). The van der Waals surface area contributed by atoms with Gasteiger partial charge >= 0.3 is 0 Å². The number of nitrogens with one attached hydrogen (secondary N) is 1. The molecule has 4 nitrogen and oxygen atoms in total. The zero-order valence-corrected chi connectivity index (χ0v) is 10.7. The zero-order valence-electron chi connectivity index (χ0n) is 10.7. The Kier molecular flexibility index (Phi) is 4.50. The molecule has 1 heterocycles. The van der Waals surface area contributed by atoms with Gasteiger partial charge in [0.05, 0.1) is 5.69 Å². The monoisotopic (exact) mass is 225 g/mol. The SMILES string of the molecule is CCc1nn(C)cc1CNCC(C)(C)CO. The third-order valence-electron chi connectivity index (χ3n) is 2.67. The number of nitrogens with zero attached hydrogens (tertiary/aromatic N) is 2. The Hall–Kier alpha value is -0.870. The summed E-state index contributed by atoms with van der Waals surface area (Å²) in [5.74, 6) is 0. The predicted octanol–water partition coefficient (Wildman–Crippen LogP) is 1.09. The van der Waals surface area contributed by atoms with Crippen molar-refractivity contribution in [3.63, 3.8) is 0 Å². The maximum absolute atomic E-state index is 9.14. The minimum Gasteiger partial charge on any atom is -0.396 e. The number of aryl methyl sites for hydroxylation is 2. The van der Waals surface area contributed by atoms with E-state index in [9.17, 15) is 0 Å². The van der Waals surface area contributed by atoms with Gasteiger partial charge in [-0.25, -0.2) is 0 Å². The average molecular weight is 225 g/mol. The Morgan fingerprint density at radius 3 is 2.75 bits per heavy atom. The van der Waals surface area contributed by atoms with Gasteiger partial charge in [-0.3, -0.25) is 4.68 Å². The Morgan fingerprint density at radius 1 is 1.50 bits per heavy atom. The van der Waals surface area contributed by atoms with Crippen molar-refractivity contribution in [2.24, 2.45) is 12.5 Å². The van der Waals surface area contributed by atoms with Crippen LogP contribution in [-0.4, -0.2) is 28.0 Å². The zero-order chi connectivity index (χ0) is 12.2. The summed E-state index contributed by atoms with van der Waals surface area (Å²) in [6.07, 6.45) is 3.01. The van der Waals surface area contributed by atoms with Crippen LogP contribution in [0.2, 0.25) is 0 Å². The molecule has 1 aromatic heterocycles. The fourth-order valence-corrected chi connectivity index (χ4v) is 1.62. The van der Waals surface area contributed by atoms with Gasteiger partial charge in [-0.15, -0.1) is 0 Å². The van der Waals surface area contributed by atoms with Crippen LogP contribution in [0.1, 0.15) is 32.0 Å². The molecule has 0 unspecified atom stereocenters. The van der Waals surface area contributed by atoms with Crippen LogP contribution in [0, 0.1) is 5.41 Å². The number of aromatic nitrogens is 2. The normalized spacial score (nSPS) is 12.1. The van der Waals surface area contributed by atoms with Gasteiger partial charge < -0.3 is 10.4 Å². The van der Waals surface area contributed by atoms with Gasteiger partial charge in [-0.1, -0.05) is 20.8 Å². The number of rotatable bonds is 6. The first-order valence-corrected chi connectivity index (χ1v) is 5.81. The Balaban J connectivity index is 2.48. The molecule has 4 heteroatoms. The fraction of sp³-hybridized carbons (Fsp3) is 0.750.